The second-order valence-electron chi connectivity index (χ2n) is 9.69. The molecule has 0 atom stereocenters. The van der Waals surface area contributed by atoms with E-state index in [1.807, 2.05) is 72.8 Å². The van der Waals surface area contributed by atoms with Crippen LogP contribution in [0.4, 0.5) is 5.69 Å². The molecule has 0 unspecified atom stereocenters. The number of benzene rings is 5. The fourth-order valence-corrected chi connectivity index (χ4v) is 5.34. The number of nitrogens with one attached hydrogen (secondary N) is 2. The highest BCUT2D eigenvalue weighted by Gasteiger charge is 2.16. The lowest BCUT2D eigenvalue weighted by Crippen LogP contribution is -2.30. The van der Waals surface area contributed by atoms with Crippen LogP contribution >= 0.6 is 35.0 Å². The number of carbonyl (C=O) groups is 3. The lowest BCUT2D eigenvalue weighted by molar-refractivity contribution is -0.113. The van der Waals surface area contributed by atoms with E-state index in [0.717, 1.165) is 21.6 Å². The van der Waals surface area contributed by atoms with E-state index in [9.17, 15) is 14.4 Å². The fourth-order valence-electron chi connectivity index (χ4n) is 4.25. The summed E-state index contributed by atoms with van der Waals surface area (Å²) in [5, 5.41) is 6.36. The Labute approximate surface area is 269 Å². The van der Waals surface area contributed by atoms with Crippen LogP contribution in [0.1, 0.15) is 26.3 Å². The predicted molar refractivity (Wildman–Crippen MR) is 180 cm³/mol. The lowest BCUT2D eigenvalue weighted by Gasteiger charge is -2.12. The molecular formula is C36H26Cl2N2O3S. The molecule has 0 saturated carbocycles. The summed E-state index contributed by atoms with van der Waals surface area (Å²) in [4.78, 5) is 39.8. The van der Waals surface area contributed by atoms with Crippen LogP contribution in [0.2, 0.25) is 10.0 Å². The molecule has 0 fully saturated rings. The van der Waals surface area contributed by atoms with Gasteiger partial charge in [-0.05, 0) is 77.4 Å². The maximum atomic E-state index is 13.4. The van der Waals surface area contributed by atoms with Crippen molar-refractivity contribution < 1.29 is 14.4 Å². The molecule has 0 heterocycles. The Kier molecular flexibility index (Phi) is 10.3. The first-order valence-corrected chi connectivity index (χ1v) is 15.4. The summed E-state index contributed by atoms with van der Waals surface area (Å²) in [6, 6.07) is 38.4. The van der Waals surface area contributed by atoms with Crippen LogP contribution in [0, 0.1) is 0 Å². The number of Topliss-reactive ketones (excluding diaryl/α,β-unsaturated/α-hetero) is 1. The Morgan fingerprint density at radius 3 is 1.95 bits per heavy atom. The normalized spacial score (nSPS) is 11.1. The predicted octanol–water partition coefficient (Wildman–Crippen LogP) is 9.05. The molecule has 5 rings (SSSR count). The van der Waals surface area contributed by atoms with Crippen LogP contribution in [0.15, 0.2) is 138 Å². The molecule has 0 aromatic heterocycles. The average Bonchev–Trinajstić information content (AvgIpc) is 3.06. The molecule has 0 bridgehead atoms. The Bertz CT molecular complexity index is 1810. The number of amides is 2. The molecule has 0 aliphatic rings. The molecule has 0 aliphatic carbocycles. The summed E-state index contributed by atoms with van der Waals surface area (Å²) >= 11 is 13.4. The van der Waals surface area contributed by atoms with Crippen LogP contribution in [-0.2, 0) is 4.79 Å². The van der Waals surface area contributed by atoms with E-state index in [2.05, 4.69) is 10.6 Å². The monoisotopic (exact) mass is 636 g/mol. The van der Waals surface area contributed by atoms with E-state index in [-0.39, 0.29) is 17.2 Å². The highest BCUT2D eigenvalue weighted by atomic mass is 35.5. The largest absolute Gasteiger partial charge is 0.321 e. The summed E-state index contributed by atoms with van der Waals surface area (Å²) in [5.74, 6) is -0.736. The number of thioether (sulfide) groups is 1. The Hall–Kier alpha value is -4.62. The Balaban J connectivity index is 1.28. The van der Waals surface area contributed by atoms with Crippen molar-refractivity contribution in [1.82, 2.24) is 5.32 Å². The van der Waals surface area contributed by atoms with Gasteiger partial charge < -0.3 is 10.6 Å². The number of halogens is 2. The van der Waals surface area contributed by atoms with Crippen molar-refractivity contribution in [2.45, 2.75) is 4.90 Å². The van der Waals surface area contributed by atoms with Gasteiger partial charge in [0.15, 0.2) is 5.78 Å². The quantitative estimate of drug-likeness (QED) is 0.0911. The standard InChI is InChI=1S/C36H26Cl2N2O3S/c37-31-20-15-28(22-32(31)38)34(41)23-44-30-18-16-29(17-19-30)39-36(43)33(40-35(42)27-9-5-2-6-10-27)21-24-11-13-26(14-12-24)25-7-3-1-4-8-25/h1-22H,23H2,(H,39,43)(H,40,42)/b33-21-. The van der Waals surface area contributed by atoms with Crippen molar-refractivity contribution in [3.8, 4) is 11.1 Å². The van der Waals surface area contributed by atoms with Gasteiger partial charge in [0.2, 0.25) is 0 Å². The van der Waals surface area contributed by atoms with Gasteiger partial charge in [0.1, 0.15) is 5.70 Å². The molecule has 0 aliphatic heterocycles. The van der Waals surface area contributed by atoms with E-state index in [4.69, 9.17) is 23.2 Å². The Morgan fingerprint density at radius 1 is 0.659 bits per heavy atom. The first-order chi connectivity index (χ1) is 21.4. The van der Waals surface area contributed by atoms with Gasteiger partial charge in [-0.25, -0.2) is 0 Å². The number of rotatable bonds is 10. The van der Waals surface area contributed by atoms with Gasteiger partial charge in [-0.3, -0.25) is 14.4 Å². The number of hydrogen-bond acceptors (Lipinski definition) is 4. The molecule has 218 valence electrons. The van der Waals surface area contributed by atoms with Gasteiger partial charge in [-0.2, -0.15) is 0 Å². The third kappa shape index (κ3) is 8.26. The van der Waals surface area contributed by atoms with Crippen molar-refractivity contribution in [3.05, 3.63) is 160 Å². The maximum absolute atomic E-state index is 13.4. The first kappa shape index (κ1) is 30.8. The van der Waals surface area contributed by atoms with Crippen LogP contribution in [-0.4, -0.2) is 23.4 Å². The van der Waals surface area contributed by atoms with Crippen LogP contribution in [0.5, 0.6) is 0 Å². The van der Waals surface area contributed by atoms with Gasteiger partial charge in [-0.1, -0.05) is 96.0 Å². The molecule has 5 nitrogen and oxygen atoms in total. The maximum Gasteiger partial charge on any atom is 0.272 e. The zero-order valence-corrected chi connectivity index (χ0v) is 25.6. The number of ketones is 1. The van der Waals surface area contributed by atoms with E-state index >= 15 is 0 Å². The molecule has 5 aromatic carbocycles. The number of anilines is 1. The molecule has 8 heteroatoms. The minimum Gasteiger partial charge on any atom is -0.321 e. The third-order valence-electron chi connectivity index (χ3n) is 6.58. The summed E-state index contributed by atoms with van der Waals surface area (Å²) in [6.07, 6.45) is 1.64. The second kappa shape index (κ2) is 14.7. The first-order valence-electron chi connectivity index (χ1n) is 13.6. The van der Waals surface area contributed by atoms with Crippen LogP contribution in [0.3, 0.4) is 0 Å². The molecule has 44 heavy (non-hydrogen) atoms. The highest BCUT2D eigenvalue weighted by molar-refractivity contribution is 8.00. The third-order valence-corrected chi connectivity index (χ3v) is 8.33. The van der Waals surface area contributed by atoms with E-state index in [1.54, 1.807) is 60.7 Å². The van der Waals surface area contributed by atoms with E-state index in [1.165, 1.54) is 11.8 Å². The molecule has 5 aromatic rings. The zero-order chi connectivity index (χ0) is 30.9. The minimum atomic E-state index is -0.475. The summed E-state index contributed by atoms with van der Waals surface area (Å²) in [7, 11) is 0. The highest BCUT2D eigenvalue weighted by Crippen LogP contribution is 2.26. The fraction of sp³-hybridized carbons (Fsp3) is 0.0278. The molecular weight excluding hydrogens is 611 g/mol. The molecule has 0 spiro atoms. The van der Waals surface area contributed by atoms with Crippen LogP contribution in [0.25, 0.3) is 17.2 Å². The smallest absolute Gasteiger partial charge is 0.272 e. The molecule has 2 amide bonds. The summed E-state index contributed by atoms with van der Waals surface area (Å²) < 4.78 is 0. The van der Waals surface area contributed by atoms with Crippen molar-refractivity contribution in [1.29, 1.82) is 0 Å². The van der Waals surface area contributed by atoms with Crippen molar-refractivity contribution >= 4 is 64.3 Å². The van der Waals surface area contributed by atoms with Crippen LogP contribution < -0.4 is 10.6 Å². The van der Waals surface area contributed by atoms with Crippen molar-refractivity contribution in [2.24, 2.45) is 0 Å². The Morgan fingerprint density at radius 2 is 1.30 bits per heavy atom. The summed E-state index contributed by atoms with van der Waals surface area (Å²) in [6.45, 7) is 0. The van der Waals surface area contributed by atoms with Gasteiger partial charge >= 0.3 is 0 Å². The zero-order valence-electron chi connectivity index (χ0n) is 23.3. The van der Waals surface area contributed by atoms with Crippen molar-refractivity contribution in [2.75, 3.05) is 11.1 Å². The second-order valence-corrected chi connectivity index (χ2v) is 11.5. The number of hydrogen-bond donors (Lipinski definition) is 2. The van der Waals surface area contributed by atoms with Crippen molar-refractivity contribution in [3.63, 3.8) is 0 Å². The van der Waals surface area contributed by atoms with Gasteiger partial charge in [-0.15, -0.1) is 11.8 Å². The number of carbonyl (C=O) groups excluding carboxylic acids is 3. The topological polar surface area (TPSA) is 75.3 Å². The van der Waals surface area contributed by atoms with E-state index < -0.39 is 11.8 Å². The molecule has 2 N–H and O–H groups in total. The minimum absolute atomic E-state index is 0.0771. The van der Waals surface area contributed by atoms with E-state index in [0.29, 0.717) is 26.9 Å². The molecule has 0 radical (unpaired) electrons. The lowest BCUT2D eigenvalue weighted by atomic mass is 10.0. The van der Waals surface area contributed by atoms with Gasteiger partial charge in [0.25, 0.3) is 11.8 Å². The average molecular weight is 638 g/mol. The molecule has 0 saturated heterocycles. The summed E-state index contributed by atoms with van der Waals surface area (Å²) in [5.41, 5.74) is 4.43. The van der Waals surface area contributed by atoms with Gasteiger partial charge in [0, 0.05) is 21.7 Å². The van der Waals surface area contributed by atoms with Gasteiger partial charge in [0.05, 0.1) is 15.8 Å². The SMILES string of the molecule is O=C(Nc1ccc(SCC(=O)c2ccc(Cl)c(Cl)c2)cc1)/C(=C/c1ccc(-c2ccccc2)cc1)NC(=O)c1ccccc1.